The lowest BCUT2D eigenvalue weighted by molar-refractivity contribution is 0.246. The SMILES string of the molecule is CC1CCC(N)CN1S(N)(=O)=O. The lowest BCUT2D eigenvalue weighted by Gasteiger charge is -2.33. The van der Waals surface area contributed by atoms with Crippen LogP contribution in [0.4, 0.5) is 0 Å². The van der Waals surface area contributed by atoms with Crippen LogP contribution in [0.1, 0.15) is 19.8 Å². The second-order valence-corrected chi connectivity index (χ2v) is 4.80. The van der Waals surface area contributed by atoms with Crippen LogP contribution in [0.3, 0.4) is 0 Å². The smallest absolute Gasteiger partial charge is 0.277 e. The van der Waals surface area contributed by atoms with Gasteiger partial charge in [0.1, 0.15) is 0 Å². The maximum absolute atomic E-state index is 11.0. The Kier molecular flexibility index (Phi) is 2.72. The van der Waals surface area contributed by atoms with Gasteiger partial charge in [0.05, 0.1) is 0 Å². The Morgan fingerprint density at radius 2 is 2.00 bits per heavy atom. The van der Waals surface area contributed by atoms with E-state index in [1.54, 1.807) is 0 Å². The molecule has 0 amide bonds. The van der Waals surface area contributed by atoms with Crippen molar-refractivity contribution in [3.63, 3.8) is 0 Å². The molecule has 1 aliphatic rings. The molecule has 0 aromatic heterocycles. The van der Waals surface area contributed by atoms with Gasteiger partial charge in [-0.15, -0.1) is 0 Å². The topological polar surface area (TPSA) is 89.4 Å². The minimum absolute atomic E-state index is 0.0141. The molecular weight excluding hydrogens is 178 g/mol. The average Bonchev–Trinajstić information content (AvgIpc) is 1.92. The Labute approximate surface area is 72.9 Å². The first-order valence-corrected chi connectivity index (χ1v) is 5.46. The molecule has 0 aliphatic carbocycles. The highest BCUT2D eigenvalue weighted by molar-refractivity contribution is 7.86. The zero-order valence-electron chi connectivity index (χ0n) is 7.10. The van der Waals surface area contributed by atoms with Crippen molar-refractivity contribution < 1.29 is 8.42 Å². The number of nitrogens with zero attached hydrogens (tertiary/aromatic N) is 1. The number of hydrogen-bond acceptors (Lipinski definition) is 3. The van der Waals surface area contributed by atoms with Crippen molar-refractivity contribution in [1.29, 1.82) is 0 Å². The lowest BCUT2D eigenvalue weighted by atomic mass is 10.0. The fourth-order valence-corrected chi connectivity index (χ4v) is 2.46. The van der Waals surface area contributed by atoms with Crippen molar-refractivity contribution in [3.05, 3.63) is 0 Å². The van der Waals surface area contributed by atoms with E-state index in [0.717, 1.165) is 12.8 Å². The predicted molar refractivity (Wildman–Crippen MR) is 46.5 cm³/mol. The van der Waals surface area contributed by atoms with Crippen LogP contribution in [-0.4, -0.2) is 31.4 Å². The molecule has 1 saturated heterocycles. The number of hydrogen-bond donors (Lipinski definition) is 2. The van der Waals surface area contributed by atoms with Crippen LogP contribution in [-0.2, 0) is 10.2 Å². The molecule has 1 fully saturated rings. The molecule has 6 heteroatoms. The van der Waals surface area contributed by atoms with Crippen molar-refractivity contribution in [2.75, 3.05) is 6.54 Å². The molecule has 0 saturated carbocycles. The van der Waals surface area contributed by atoms with E-state index in [1.807, 2.05) is 6.92 Å². The second-order valence-electron chi connectivity index (χ2n) is 3.30. The first kappa shape index (κ1) is 9.91. The quantitative estimate of drug-likeness (QED) is 0.560. The Morgan fingerprint density at radius 1 is 1.42 bits per heavy atom. The summed E-state index contributed by atoms with van der Waals surface area (Å²) in [4.78, 5) is 0. The van der Waals surface area contributed by atoms with Crippen LogP contribution in [0, 0.1) is 0 Å². The third-order valence-electron chi connectivity index (χ3n) is 2.19. The molecule has 0 bridgehead atoms. The fraction of sp³-hybridized carbons (Fsp3) is 1.00. The largest absolute Gasteiger partial charge is 0.327 e. The first-order valence-electron chi connectivity index (χ1n) is 3.96. The second kappa shape index (κ2) is 3.29. The highest BCUT2D eigenvalue weighted by Gasteiger charge is 2.29. The summed E-state index contributed by atoms with van der Waals surface area (Å²) in [5, 5.41) is 5.01. The van der Waals surface area contributed by atoms with Gasteiger partial charge in [0.25, 0.3) is 10.2 Å². The zero-order chi connectivity index (χ0) is 9.35. The Morgan fingerprint density at radius 3 is 2.42 bits per heavy atom. The number of rotatable bonds is 1. The predicted octanol–water partition coefficient (Wildman–Crippen LogP) is -0.998. The summed E-state index contributed by atoms with van der Waals surface area (Å²) < 4.78 is 23.2. The van der Waals surface area contributed by atoms with E-state index >= 15 is 0 Å². The highest BCUT2D eigenvalue weighted by Crippen LogP contribution is 2.17. The molecule has 1 aliphatic heterocycles. The molecular formula is C6H15N3O2S. The van der Waals surface area contributed by atoms with Gasteiger partial charge in [-0.1, -0.05) is 0 Å². The summed E-state index contributed by atoms with van der Waals surface area (Å²) in [6.45, 7) is 2.19. The summed E-state index contributed by atoms with van der Waals surface area (Å²) in [5.74, 6) is 0. The van der Waals surface area contributed by atoms with Crippen LogP contribution < -0.4 is 10.9 Å². The molecule has 1 heterocycles. The molecule has 12 heavy (non-hydrogen) atoms. The molecule has 4 N–H and O–H groups in total. The molecule has 0 spiro atoms. The van der Waals surface area contributed by atoms with Gasteiger partial charge in [0.2, 0.25) is 0 Å². The van der Waals surface area contributed by atoms with E-state index in [4.69, 9.17) is 10.9 Å². The van der Waals surface area contributed by atoms with Crippen molar-refractivity contribution >= 4 is 10.2 Å². The summed E-state index contributed by atoms with van der Waals surface area (Å²) in [6.07, 6.45) is 1.66. The zero-order valence-corrected chi connectivity index (χ0v) is 7.92. The summed E-state index contributed by atoms with van der Waals surface area (Å²) >= 11 is 0. The Bertz CT molecular complexity index is 252. The highest BCUT2D eigenvalue weighted by atomic mass is 32.2. The van der Waals surface area contributed by atoms with E-state index in [9.17, 15) is 8.42 Å². The fourth-order valence-electron chi connectivity index (χ4n) is 1.46. The molecule has 72 valence electrons. The van der Waals surface area contributed by atoms with Crippen molar-refractivity contribution in [2.24, 2.45) is 10.9 Å². The van der Waals surface area contributed by atoms with Crippen LogP contribution in [0.15, 0.2) is 0 Å². The maximum Gasteiger partial charge on any atom is 0.277 e. The van der Waals surface area contributed by atoms with Crippen LogP contribution >= 0.6 is 0 Å². The van der Waals surface area contributed by atoms with Gasteiger partial charge in [0.15, 0.2) is 0 Å². The number of piperidine rings is 1. The molecule has 2 unspecified atom stereocenters. The molecule has 2 atom stereocenters. The monoisotopic (exact) mass is 193 g/mol. The normalized spacial score (nSPS) is 33.6. The summed E-state index contributed by atoms with van der Waals surface area (Å²) in [7, 11) is -3.55. The summed E-state index contributed by atoms with van der Waals surface area (Å²) in [6, 6.07) is -0.0840. The Balaban J connectivity index is 2.74. The maximum atomic E-state index is 11.0. The van der Waals surface area contributed by atoms with Gasteiger partial charge < -0.3 is 5.73 Å². The van der Waals surface area contributed by atoms with Gasteiger partial charge in [-0.3, -0.25) is 0 Å². The molecule has 0 radical (unpaired) electrons. The van der Waals surface area contributed by atoms with E-state index in [0.29, 0.717) is 6.54 Å². The molecule has 1 rings (SSSR count). The van der Waals surface area contributed by atoms with Gasteiger partial charge in [-0.05, 0) is 19.8 Å². The van der Waals surface area contributed by atoms with Crippen LogP contribution in [0.5, 0.6) is 0 Å². The van der Waals surface area contributed by atoms with E-state index in [-0.39, 0.29) is 12.1 Å². The van der Waals surface area contributed by atoms with E-state index in [2.05, 4.69) is 0 Å². The van der Waals surface area contributed by atoms with Gasteiger partial charge >= 0.3 is 0 Å². The van der Waals surface area contributed by atoms with Crippen LogP contribution in [0.25, 0.3) is 0 Å². The third-order valence-corrected chi connectivity index (χ3v) is 3.35. The van der Waals surface area contributed by atoms with Crippen molar-refractivity contribution in [3.8, 4) is 0 Å². The standard InChI is InChI=1S/C6H15N3O2S/c1-5-2-3-6(7)4-9(5)12(8,10)11/h5-6H,2-4,7H2,1H3,(H2,8,10,11). The van der Waals surface area contributed by atoms with Gasteiger partial charge in [-0.25, -0.2) is 5.14 Å². The molecule has 0 aromatic rings. The third kappa shape index (κ3) is 2.16. The van der Waals surface area contributed by atoms with Gasteiger partial charge in [-0.2, -0.15) is 12.7 Å². The molecule has 5 nitrogen and oxygen atoms in total. The lowest BCUT2D eigenvalue weighted by Crippen LogP contribution is -2.52. The summed E-state index contributed by atoms with van der Waals surface area (Å²) in [5.41, 5.74) is 5.62. The van der Waals surface area contributed by atoms with E-state index in [1.165, 1.54) is 4.31 Å². The number of nitrogens with two attached hydrogens (primary N) is 2. The van der Waals surface area contributed by atoms with Crippen molar-refractivity contribution in [2.45, 2.75) is 31.8 Å². The minimum atomic E-state index is -3.55. The van der Waals surface area contributed by atoms with Gasteiger partial charge in [0, 0.05) is 18.6 Å². The van der Waals surface area contributed by atoms with Crippen LogP contribution in [0.2, 0.25) is 0 Å². The first-order chi connectivity index (χ1) is 5.41. The minimum Gasteiger partial charge on any atom is -0.327 e. The average molecular weight is 193 g/mol. The Hall–Kier alpha value is -0.170. The van der Waals surface area contributed by atoms with E-state index < -0.39 is 10.2 Å². The van der Waals surface area contributed by atoms with Crippen molar-refractivity contribution in [1.82, 2.24) is 4.31 Å². The molecule has 0 aromatic carbocycles.